The summed E-state index contributed by atoms with van der Waals surface area (Å²) in [4.78, 5) is 18.0. The Morgan fingerprint density at radius 1 is 1.45 bits per heavy atom. The summed E-state index contributed by atoms with van der Waals surface area (Å²) < 4.78 is 18.1. The molecule has 0 saturated carbocycles. The van der Waals surface area contributed by atoms with Crippen LogP contribution in [-0.4, -0.2) is 44.1 Å². The van der Waals surface area contributed by atoms with E-state index in [-0.39, 0.29) is 11.3 Å². The van der Waals surface area contributed by atoms with Gasteiger partial charge >= 0.3 is 6.09 Å². The Morgan fingerprint density at radius 2 is 2.18 bits per heavy atom. The Balaban J connectivity index is 2.04. The molecule has 2 atom stereocenters. The molecule has 0 bridgehead atoms. The molecule has 1 aromatic rings. The summed E-state index contributed by atoms with van der Waals surface area (Å²) >= 11 is 0. The van der Waals surface area contributed by atoms with E-state index in [1.54, 1.807) is 11.1 Å². The highest BCUT2D eigenvalue weighted by Gasteiger charge is 2.31. The molecule has 1 fully saturated rings. The lowest BCUT2D eigenvalue weighted by Gasteiger charge is -2.33. The van der Waals surface area contributed by atoms with Crippen LogP contribution >= 0.6 is 0 Å². The van der Waals surface area contributed by atoms with Gasteiger partial charge in [0.15, 0.2) is 0 Å². The predicted molar refractivity (Wildman–Crippen MR) is 86.2 cm³/mol. The van der Waals surface area contributed by atoms with E-state index >= 15 is 0 Å². The first kappa shape index (κ1) is 16.9. The number of pyridine rings is 1. The van der Waals surface area contributed by atoms with Gasteiger partial charge in [0.05, 0.1) is 16.0 Å². The van der Waals surface area contributed by atoms with Crippen LogP contribution in [0.3, 0.4) is 0 Å². The quantitative estimate of drug-likeness (QED) is 0.839. The van der Waals surface area contributed by atoms with Crippen LogP contribution in [0, 0.1) is 6.92 Å². The lowest BCUT2D eigenvalue weighted by Crippen LogP contribution is -2.45. The number of likely N-dealkylation sites (tertiary alicyclic amines) is 1. The van der Waals surface area contributed by atoms with Crippen LogP contribution in [0.2, 0.25) is 0 Å². The molecule has 5 nitrogen and oxygen atoms in total. The first-order chi connectivity index (χ1) is 10.3. The molecule has 6 heteroatoms. The second-order valence-electron chi connectivity index (χ2n) is 6.66. The summed E-state index contributed by atoms with van der Waals surface area (Å²) in [5.74, 6) is 0. The zero-order valence-corrected chi connectivity index (χ0v) is 14.5. The van der Waals surface area contributed by atoms with Gasteiger partial charge in [0.25, 0.3) is 0 Å². The van der Waals surface area contributed by atoms with E-state index in [2.05, 4.69) is 4.98 Å². The maximum atomic E-state index is 12.7. The van der Waals surface area contributed by atoms with Crippen LogP contribution in [-0.2, 0) is 15.5 Å². The monoisotopic (exact) mass is 324 g/mol. The lowest BCUT2D eigenvalue weighted by atomic mass is 10.1. The number of aromatic nitrogens is 1. The number of ether oxygens (including phenoxy) is 1. The minimum atomic E-state index is -1.20. The summed E-state index contributed by atoms with van der Waals surface area (Å²) in [5, 5.41) is 0.506. The van der Waals surface area contributed by atoms with Crippen molar-refractivity contribution < 1.29 is 13.7 Å². The molecule has 2 heterocycles. The normalized spacial score (nSPS) is 20.5. The fourth-order valence-corrected chi connectivity index (χ4v) is 3.90. The minimum Gasteiger partial charge on any atom is -0.444 e. The highest BCUT2D eigenvalue weighted by atomic mass is 32.2. The van der Waals surface area contributed by atoms with Crippen molar-refractivity contribution in [3.05, 3.63) is 23.9 Å². The van der Waals surface area contributed by atoms with Gasteiger partial charge in [0, 0.05) is 19.3 Å². The van der Waals surface area contributed by atoms with E-state index in [0.717, 1.165) is 18.4 Å². The Bertz CT molecular complexity index is 569. The molecule has 1 aromatic heterocycles. The Labute approximate surface area is 134 Å². The number of aryl methyl sites for hydroxylation is 1. The van der Waals surface area contributed by atoms with Gasteiger partial charge in [0.2, 0.25) is 0 Å². The predicted octanol–water partition coefficient (Wildman–Crippen LogP) is 2.90. The Morgan fingerprint density at radius 3 is 2.82 bits per heavy atom. The van der Waals surface area contributed by atoms with Crippen LogP contribution in [0.15, 0.2) is 23.4 Å². The maximum Gasteiger partial charge on any atom is 0.410 e. The van der Waals surface area contributed by atoms with E-state index < -0.39 is 16.4 Å². The second kappa shape index (κ2) is 6.77. The Hall–Kier alpha value is -1.43. The molecule has 0 aliphatic carbocycles. The third kappa shape index (κ3) is 4.53. The summed E-state index contributed by atoms with van der Waals surface area (Å²) in [5.41, 5.74) is 0.527. The van der Waals surface area contributed by atoms with Crippen molar-refractivity contribution in [2.75, 3.05) is 13.1 Å². The second-order valence-corrected chi connectivity index (χ2v) is 8.34. The van der Waals surface area contributed by atoms with Crippen molar-refractivity contribution in [3.8, 4) is 0 Å². The van der Waals surface area contributed by atoms with E-state index in [4.69, 9.17) is 4.74 Å². The average Bonchev–Trinajstić information content (AvgIpc) is 2.45. The number of nitrogens with zero attached hydrogens (tertiary/aromatic N) is 2. The smallest absolute Gasteiger partial charge is 0.410 e. The van der Waals surface area contributed by atoms with Crippen LogP contribution in [0.1, 0.15) is 39.2 Å². The highest BCUT2D eigenvalue weighted by Crippen LogP contribution is 2.21. The molecular weight excluding hydrogens is 300 g/mol. The van der Waals surface area contributed by atoms with Gasteiger partial charge in [-0.1, -0.05) is 0 Å². The fraction of sp³-hybridized carbons (Fsp3) is 0.625. The van der Waals surface area contributed by atoms with Crippen molar-refractivity contribution in [3.63, 3.8) is 0 Å². The molecule has 1 saturated heterocycles. The average molecular weight is 324 g/mol. The summed E-state index contributed by atoms with van der Waals surface area (Å²) in [6.07, 6.45) is 3.02. The highest BCUT2D eigenvalue weighted by molar-refractivity contribution is 7.85. The molecule has 2 rings (SSSR count). The zero-order valence-electron chi connectivity index (χ0n) is 13.7. The number of amides is 1. The van der Waals surface area contributed by atoms with Gasteiger partial charge in [0.1, 0.15) is 10.6 Å². The van der Waals surface area contributed by atoms with Crippen molar-refractivity contribution in [2.45, 2.75) is 56.4 Å². The number of hydrogen-bond acceptors (Lipinski definition) is 4. The number of carbonyl (C=O) groups excluding carboxylic acids is 1. The number of rotatable bonds is 2. The molecule has 0 radical (unpaired) electrons. The molecule has 22 heavy (non-hydrogen) atoms. The number of carbonyl (C=O) groups is 1. The SMILES string of the molecule is Cc1ccnc([S@](=O)[C@@H]2CCCN(C(=O)OC(C)(C)C)C2)c1. The zero-order chi connectivity index (χ0) is 16.3. The van der Waals surface area contributed by atoms with Gasteiger partial charge in [-0.15, -0.1) is 0 Å². The molecule has 1 aliphatic rings. The molecule has 0 spiro atoms. The first-order valence-electron chi connectivity index (χ1n) is 7.57. The topological polar surface area (TPSA) is 59.5 Å². The maximum absolute atomic E-state index is 12.7. The Kier molecular flexibility index (Phi) is 5.21. The fourth-order valence-electron chi connectivity index (χ4n) is 2.39. The van der Waals surface area contributed by atoms with Gasteiger partial charge in [-0.05, 0) is 58.2 Å². The van der Waals surface area contributed by atoms with Crippen LogP contribution < -0.4 is 0 Å². The van der Waals surface area contributed by atoms with E-state index in [0.29, 0.717) is 18.1 Å². The standard InChI is InChI=1S/C16H24N2O3S/c1-12-7-8-17-14(10-12)22(20)13-6-5-9-18(11-13)15(19)21-16(2,3)4/h7-8,10,13H,5-6,9,11H2,1-4H3/t13-,22-/m1/s1. The van der Waals surface area contributed by atoms with Crippen LogP contribution in [0.25, 0.3) is 0 Å². The lowest BCUT2D eigenvalue weighted by molar-refractivity contribution is 0.0219. The van der Waals surface area contributed by atoms with E-state index in [1.807, 2.05) is 39.8 Å². The van der Waals surface area contributed by atoms with Gasteiger partial charge < -0.3 is 9.64 Å². The minimum absolute atomic E-state index is 0.0874. The van der Waals surface area contributed by atoms with E-state index in [9.17, 15) is 9.00 Å². The van der Waals surface area contributed by atoms with Crippen LogP contribution in [0.4, 0.5) is 4.79 Å². The summed E-state index contributed by atoms with van der Waals surface area (Å²) in [6.45, 7) is 8.61. The van der Waals surface area contributed by atoms with Crippen molar-refractivity contribution in [1.82, 2.24) is 9.88 Å². The van der Waals surface area contributed by atoms with Crippen molar-refractivity contribution in [1.29, 1.82) is 0 Å². The molecule has 0 aromatic carbocycles. The van der Waals surface area contributed by atoms with Crippen molar-refractivity contribution >= 4 is 16.9 Å². The van der Waals surface area contributed by atoms with Crippen molar-refractivity contribution in [2.24, 2.45) is 0 Å². The summed E-state index contributed by atoms with van der Waals surface area (Å²) in [6, 6.07) is 3.73. The summed E-state index contributed by atoms with van der Waals surface area (Å²) in [7, 11) is -1.20. The third-order valence-electron chi connectivity index (χ3n) is 3.43. The molecule has 0 unspecified atom stereocenters. The van der Waals surface area contributed by atoms with E-state index in [1.165, 1.54) is 0 Å². The largest absolute Gasteiger partial charge is 0.444 e. The molecule has 122 valence electrons. The molecular formula is C16H24N2O3S. The van der Waals surface area contributed by atoms with Gasteiger partial charge in [-0.2, -0.15) is 0 Å². The first-order valence-corrected chi connectivity index (χ1v) is 8.79. The third-order valence-corrected chi connectivity index (χ3v) is 5.05. The molecule has 0 N–H and O–H groups in total. The van der Waals surface area contributed by atoms with Gasteiger partial charge in [-0.3, -0.25) is 4.21 Å². The molecule has 1 aliphatic heterocycles. The van der Waals surface area contributed by atoms with Gasteiger partial charge in [-0.25, -0.2) is 9.78 Å². The molecule has 1 amide bonds. The number of hydrogen-bond donors (Lipinski definition) is 0. The van der Waals surface area contributed by atoms with Crippen LogP contribution in [0.5, 0.6) is 0 Å². The number of piperidine rings is 1.